The number of carbonyl (C=O) groups excluding carboxylic acids is 1. The second-order valence-electron chi connectivity index (χ2n) is 7.51. The SMILES string of the molecule is CC[C@@]12CCCN1c1nc(-n3ccnc3-c3cccc(F)c3)ncc1N(C)C2=O. The van der Waals surface area contributed by atoms with Crippen molar-refractivity contribution >= 4 is 17.4 Å². The van der Waals surface area contributed by atoms with E-state index in [0.717, 1.165) is 31.6 Å². The second-order valence-corrected chi connectivity index (χ2v) is 7.51. The maximum Gasteiger partial charge on any atom is 0.252 e. The number of aromatic nitrogens is 4. The van der Waals surface area contributed by atoms with Crippen molar-refractivity contribution in [3.8, 4) is 17.3 Å². The first-order valence-corrected chi connectivity index (χ1v) is 9.77. The summed E-state index contributed by atoms with van der Waals surface area (Å²) in [5.41, 5.74) is 0.818. The number of rotatable bonds is 3. The molecule has 7 nitrogen and oxygen atoms in total. The Balaban J connectivity index is 1.64. The van der Waals surface area contributed by atoms with Crippen LogP contribution in [-0.4, -0.2) is 44.6 Å². The fraction of sp³-hybridized carbons (Fsp3) is 0.333. The molecule has 0 radical (unpaired) electrons. The largest absolute Gasteiger partial charge is 0.340 e. The first kappa shape index (κ1) is 17.8. The molecule has 29 heavy (non-hydrogen) atoms. The Bertz CT molecular complexity index is 1110. The quantitative estimate of drug-likeness (QED) is 0.685. The van der Waals surface area contributed by atoms with Crippen LogP contribution >= 0.6 is 0 Å². The van der Waals surface area contributed by atoms with Gasteiger partial charge >= 0.3 is 0 Å². The second kappa shape index (κ2) is 6.37. The van der Waals surface area contributed by atoms with E-state index in [-0.39, 0.29) is 11.7 Å². The van der Waals surface area contributed by atoms with E-state index < -0.39 is 5.54 Å². The van der Waals surface area contributed by atoms with E-state index in [4.69, 9.17) is 4.98 Å². The Morgan fingerprint density at radius 1 is 1.28 bits per heavy atom. The average Bonchev–Trinajstić information content (AvgIpc) is 3.39. The van der Waals surface area contributed by atoms with Crippen LogP contribution in [0.3, 0.4) is 0 Å². The number of anilines is 2. The van der Waals surface area contributed by atoms with Crippen molar-refractivity contribution in [2.45, 2.75) is 31.7 Å². The standard InChI is InChI=1S/C21H21FN6O/c1-3-21-8-5-10-28(21)18-16(26(2)19(21)29)13-24-20(25-18)27-11-9-23-17(27)14-6-4-7-15(22)12-14/h4,6-7,9,11-13H,3,5,8,10H2,1-2H3/t21-/m0/s1. The number of likely N-dealkylation sites (N-methyl/N-ethyl adjacent to an activating group) is 1. The summed E-state index contributed by atoms with van der Waals surface area (Å²) in [6.45, 7) is 2.84. The van der Waals surface area contributed by atoms with Crippen LogP contribution in [0, 0.1) is 5.82 Å². The van der Waals surface area contributed by atoms with Crippen molar-refractivity contribution in [1.82, 2.24) is 19.5 Å². The average molecular weight is 392 g/mol. The van der Waals surface area contributed by atoms with Gasteiger partial charge in [0.15, 0.2) is 5.82 Å². The molecule has 148 valence electrons. The molecule has 2 aromatic heterocycles. The van der Waals surface area contributed by atoms with Crippen molar-refractivity contribution in [2.24, 2.45) is 0 Å². The number of benzene rings is 1. The number of amides is 1. The third-order valence-corrected chi connectivity index (χ3v) is 6.07. The molecule has 8 heteroatoms. The zero-order chi connectivity index (χ0) is 20.2. The highest BCUT2D eigenvalue weighted by Crippen LogP contribution is 2.45. The van der Waals surface area contributed by atoms with Gasteiger partial charge in [-0.2, -0.15) is 4.98 Å². The fourth-order valence-corrected chi connectivity index (χ4v) is 4.56. The van der Waals surface area contributed by atoms with Crippen LogP contribution in [0.4, 0.5) is 15.9 Å². The molecule has 1 aromatic carbocycles. The number of fused-ring (bicyclic) bond motifs is 3. The Morgan fingerprint density at radius 3 is 2.93 bits per heavy atom. The highest BCUT2D eigenvalue weighted by atomic mass is 19.1. The topological polar surface area (TPSA) is 67.2 Å². The van der Waals surface area contributed by atoms with Crippen LogP contribution in [0.25, 0.3) is 17.3 Å². The van der Waals surface area contributed by atoms with Crippen molar-refractivity contribution in [3.05, 3.63) is 48.7 Å². The van der Waals surface area contributed by atoms with Gasteiger partial charge in [-0.3, -0.25) is 9.36 Å². The maximum atomic E-state index is 13.7. The Labute approximate surface area is 167 Å². The predicted molar refractivity (Wildman–Crippen MR) is 108 cm³/mol. The molecule has 0 unspecified atom stereocenters. The van der Waals surface area contributed by atoms with E-state index in [9.17, 15) is 9.18 Å². The molecular weight excluding hydrogens is 371 g/mol. The summed E-state index contributed by atoms with van der Waals surface area (Å²) in [6.07, 6.45) is 7.59. The molecule has 0 aliphatic carbocycles. The molecule has 1 fully saturated rings. The van der Waals surface area contributed by atoms with Gasteiger partial charge in [-0.25, -0.2) is 14.4 Å². The maximum absolute atomic E-state index is 13.7. The highest BCUT2D eigenvalue weighted by molar-refractivity contribution is 6.07. The van der Waals surface area contributed by atoms with E-state index in [0.29, 0.717) is 23.0 Å². The van der Waals surface area contributed by atoms with Gasteiger partial charge in [0.2, 0.25) is 5.95 Å². The molecular formula is C21H21FN6O. The van der Waals surface area contributed by atoms with Crippen molar-refractivity contribution < 1.29 is 9.18 Å². The van der Waals surface area contributed by atoms with Gasteiger partial charge in [0, 0.05) is 31.5 Å². The summed E-state index contributed by atoms with van der Waals surface area (Å²) in [7, 11) is 1.78. The van der Waals surface area contributed by atoms with Crippen LogP contribution in [0.2, 0.25) is 0 Å². The van der Waals surface area contributed by atoms with Gasteiger partial charge in [0.25, 0.3) is 5.91 Å². The van der Waals surface area contributed by atoms with Crippen LogP contribution in [0.1, 0.15) is 26.2 Å². The molecule has 2 aliphatic heterocycles. The highest BCUT2D eigenvalue weighted by Gasteiger charge is 2.52. The molecule has 4 heterocycles. The smallest absolute Gasteiger partial charge is 0.252 e. The number of imidazole rings is 1. The fourth-order valence-electron chi connectivity index (χ4n) is 4.56. The molecule has 0 saturated carbocycles. The van der Waals surface area contributed by atoms with E-state index in [1.54, 1.807) is 47.2 Å². The lowest BCUT2D eigenvalue weighted by Crippen LogP contribution is -2.59. The minimum Gasteiger partial charge on any atom is -0.340 e. The number of halogens is 1. The third kappa shape index (κ3) is 2.48. The van der Waals surface area contributed by atoms with Gasteiger partial charge in [-0.05, 0) is 31.4 Å². The molecule has 3 aromatic rings. The monoisotopic (exact) mass is 392 g/mol. The predicted octanol–water partition coefficient (Wildman–Crippen LogP) is 3.19. The Hall–Kier alpha value is -3.29. The molecule has 1 atom stereocenters. The normalized spacial score (nSPS) is 20.7. The van der Waals surface area contributed by atoms with E-state index >= 15 is 0 Å². The molecule has 2 aliphatic rings. The summed E-state index contributed by atoms with van der Waals surface area (Å²) in [4.78, 5) is 30.6. The molecule has 0 spiro atoms. The summed E-state index contributed by atoms with van der Waals surface area (Å²) in [6, 6.07) is 6.29. The number of hydrogen-bond donors (Lipinski definition) is 0. The summed E-state index contributed by atoms with van der Waals surface area (Å²) >= 11 is 0. The Kier molecular flexibility index (Phi) is 3.90. The minimum absolute atomic E-state index is 0.101. The minimum atomic E-state index is -0.534. The van der Waals surface area contributed by atoms with Crippen LogP contribution in [0.5, 0.6) is 0 Å². The summed E-state index contributed by atoms with van der Waals surface area (Å²) in [5, 5.41) is 0. The van der Waals surface area contributed by atoms with E-state index in [2.05, 4.69) is 21.8 Å². The first-order valence-electron chi connectivity index (χ1n) is 9.77. The van der Waals surface area contributed by atoms with Crippen molar-refractivity contribution in [3.63, 3.8) is 0 Å². The van der Waals surface area contributed by atoms with Crippen LogP contribution in [0.15, 0.2) is 42.9 Å². The molecule has 0 bridgehead atoms. The van der Waals surface area contributed by atoms with Crippen LogP contribution in [-0.2, 0) is 4.79 Å². The lowest BCUT2D eigenvalue weighted by atomic mass is 9.89. The lowest BCUT2D eigenvalue weighted by Gasteiger charge is -2.45. The van der Waals surface area contributed by atoms with E-state index in [1.165, 1.54) is 12.1 Å². The molecule has 1 saturated heterocycles. The first-order chi connectivity index (χ1) is 14.0. The Morgan fingerprint density at radius 2 is 2.14 bits per heavy atom. The third-order valence-electron chi connectivity index (χ3n) is 6.07. The van der Waals surface area contributed by atoms with Crippen LogP contribution < -0.4 is 9.80 Å². The molecule has 5 rings (SSSR count). The van der Waals surface area contributed by atoms with Crippen molar-refractivity contribution in [1.29, 1.82) is 0 Å². The van der Waals surface area contributed by atoms with Gasteiger partial charge in [-0.1, -0.05) is 19.1 Å². The van der Waals surface area contributed by atoms with Gasteiger partial charge < -0.3 is 9.80 Å². The van der Waals surface area contributed by atoms with Crippen molar-refractivity contribution in [2.75, 3.05) is 23.4 Å². The summed E-state index contributed by atoms with van der Waals surface area (Å²) in [5.74, 6) is 1.54. The number of carbonyl (C=O) groups is 1. The number of nitrogens with zero attached hydrogens (tertiary/aromatic N) is 6. The molecule has 1 amide bonds. The summed E-state index contributed by atoms with van der Waals surface area (Å²) < 4.78 is 15.5. The van der Waals surface area contributed by atoms with E-state index in [1.807, 2.05) is 0 Å². The van der Waals surface area contributed by atoms with Gasteiger partial charge in [-0.15, -0.1) is 0 Å². The van der Waals surface area contributed by atoms with Gasteiger partial charge in [0.05, 0.1) is 6.20 Å². The zero-order valence-electron chi connectivity index (χ0n) is 16.3. The van der Waals surface area contributed by atoms with Gasteiger partial charge in [0.1, 0.15) is 22.9 Å². The zero-order valence-corrected chi connectivity index (χ0v) is 16.3. The lowest BCUT2D eigenvalue weighted by molar-refractivity contribution is -0.123. The molecule has 0 N–H and O–H groups in total. The number of hydrogen-bond acceptors (Lipinski definition) is 5.